The first-order chi connectivity index (χ1) is 8.61. The Kier molecular flexibility index (Phi) is 3.60. The maximum absolute atomic E-state index is 12.0. The molecule has 0 aromatic carbocycles. The van der Waals surface area contributed by atoms with E-state index in [0.717, 1.165) is 12.1 Å². The molecule has 0 aliphatic rings. The summed E-state index contributed by atoms with van der Waals surface area (Å²) in [5.41, 5.74) is 1.43. The van der Waals surface area contributed by atoms with Gasteiger partial charge in [0.15, 0.2) is 5.78 Å². The number of Topliss-reactive ketones (excluding diaryl/α,β-unsaturated/α-hetero) is 1. The zero-order valence-electron chi connectivity index (χ0n) is 11.0. The lowest BCUT2D eigenvalue weighted by molar-refractivity contribution is 0.0982. The molecule has 0 saturated carbocycles. The van der Waals surface area contributed by atoms with Gasteiger partial charge in [-0.2, -0.15) is 10.2 Å². The number of carbonyl (C=O) groups is 1. The fraction of sp³-hybridized carbons (Fsp3) is 0.462. The Morgan fingerprint density at radius 1 is 1.44 bits per heavy atom. The van der Waals surface area contributed by atoms with Gasteiger partial charge in [-0.05, 0) is 25.5 Å². The first-order valence-electron chi connectivity index (χ1n) is 6.17. The Morgan fingerprint density at radius 3 is 2.83 bits per heavy atom. The van der Waals surface area contributed by atoms with Crippen molar-refractivity contribution in [3.05, 3.63) is 35.9 Å². The van der Waals surface area contributed by atoms with Crippen LogP contribution in [0.3, 0.4) is 0 Å². The summed E-state index contributed by atoms with van der Waals surface area (Å²) in [6.07, 6.45) is 4.91. The molecule has 0 aliphatic carbocycles. The Morgan fingerprint density at radius 2 is 2.22 bits per heavy atom. The molecule has 0 fully saturated rings. The number of aryl methyl sites for hydroxylation is 1. The van der Waals surface area contributed by atoms with Crippen molar-refractivity contribution in [2.75, 3.05) is 0 Å². The quantitative estimate of drug-likeness (QED) is 0.758. The van der Waals surface area contributed by atoms with Gasteiger partial charge in [0.25, 0.3) is 0 Å². The van der Waals surface area contributed by atoms with Gasteiger partial charge in [0, 0.05) is 25.5 Å². The normalized spacial score (nSPS) is 12.6. The van der Waals surface area contributed by atoms with Crippen LogP contribution in [0.4, 0.5) is 0 Å². The van der Waals surface area contributed by atoms with Crippen molar-refractivity contribution in [1.29, 1.82) is 0 Å². The van der Waals surface area contributed by atoms with E-state index in [1.165, 1.54) is 0 Å². The molecule has 0 N–H and O–H groups in total. The van der Waals surface area contributed by atoms with Crippen molar-refractivity contribution in [3.8, 4) is 0 Å². The third-order valence-corrected chi connectivity index (χ3v) is 3.15. The summed E-state index contributed by atoms with van der Waals surface area (Å²) in [4.78, 5) is 12.0. The second-order valence-corrected chi connectivity index (χ2v) is 4.48. The predicted octanol–water partition coefficient (Wildman–Crippen LogP) is 2.01. The number of carbonyl (C=O) groups excluding carboxylic acids is 1. The Balaban J connectivity index is 2.08. The third kappa shape index (κ3) is 2.50. The highest BCUT2D eigenvalue weighted by Gasteiger charge is 2.13. The van der Waals surface area contributed by atoms with Gasteiger partial charge in [0.1, 0.15) is 5.69 Å². The number of hydrogen-bond acceptors (Lipinski definition) is 3. The van der Waals surface area contributed by atoms with E-state index in [1.54, 1.807) is 24.0 Å². The summed E-state index contributed by atoms with van der Waals surface area (Å²) in [6.45, 7) is 4.23. The number of rotatable bonds is 5. The predicted molar refractivity (Wildman–Crippen MR) is 68.5 cm³/mol. The van der Waals surface area contributed by atoms with Crippen molar-refractivity contribution in [3.63, 3.8) is 0 Å². The second kappa shape index (κ2) is 5.16. The zero-order chi connectivity index (χ0) is 13.1. The molecule has 18 heavy (non-hydrogen) atoms. The Hall–Kier alpha value is -1.91. The summed E-state index contributed by atoms with van der Waals surface area (Å²) >= 11 is 0. The first kappa shape index (κ1) is 12.5. The lowest BCUT2D eigenvalue weighted by Gasteiger charge is -2.08. The smallest absolute Gasteiger partial charge is 0.186 e. The van der Waals surface area contributed by atoms with Gasteiger partial charge in [-0.15, -0.1) is 0 Å². The molecule has 0 radical (unpaired) electrons. The molecule has 0 bridgehead atoms. The van der Waals surface area contributed by atoms with E-state index in [1.807, 2.05) is 16.9 Å². The standard InChI is InChI=1S/C13H18N4O/c1-4-10(2)17-8-6-11(15-17)9-13(18)12-5-7-14-16(12)3/h5-8,10H,4,9H2,1-3H3. The maximum Gasteiger partial charge on any atom is 0.186 e. The minimum absolute atomic E-state index is 0.0457. The molecular formula is C13H18N4O. The van der Waals surface area contributed by atoms with E-state index >= 15 is 0 Å². The van der Waals surface area contributed by atoms with Crippen molar-refractivity contribution in [1.82, 2.24) is 19.6 Å². The molecule has 0 amide bonds. The maximum atomic E-state index is 12.0. The van der Waals surface area contributed by atoms with Gasteiger partial charge < -0.3 is 0 Å². The monoisotopic (exact) mass is 246 g/mol. The van der Waals surface area contributed by atoms with Crippen molar-refractivity contribution < 1.29 is 4.79 Å². The van der Waals surface area contributed by atoms with Crippen LogP contribution < -0.4 is 0 Å². The molecule has 5 nitrogen and oxygen atoms in total. The average Bonchev–Trinajstić information content (AvgIpc) is 2.97. The molecule has 1 unspecified atom stereocenters. The number of hydrogen-bond donors (Lipinski definition) is 0. The third-order valence-electron chi connectivity index (χ3n) is 3.15. The molecule has 0 spiro atoms. The summed E-state index contributed by atoms with van der Waals surface area (Å²) in [5.74, 6) is 0.0457. The summed E-state index contributed by atoms with van der Waals surface area (Å²) < 4.78 is 3.50. The van der Waals surface area contributed by atoms with Gasteiger partial charge in [0.05, 0.1) is 12.1 Å². The average molecular weight is 246 g/mol. The second-order valence-electron chi connectivity index (χ2n) is 4.48. The number of aromatic nitrogens is 4. The molecule has 0 saturated heterocycles. The van der Waals surface area contributed by atoms with Crippen LogP contribution in [0.1, 0.15) is 42.5 Å². The first-order valence-corrected chi connectivity index (χ1v) is 6.17. The minimum Gasteiger partial charge on any atom is -0.292 e. The Labute approximate surface area is 106 Å². The molecule has 0 aliphatic heterocycles. The van der Waals surface area contributed by atoms with Gasteiger partial charge in [-0.25, -0.2) is 0 Å². The van der Waals surface area contributed by atoms with E-state index < -0.39 is 0 Å². The van der Waals surface area contributed by atoms with E-state index in [2.05, 4.69) is 24.0 Å². The summed E-state index contributed by atoms with van der Waals surface area (Å²) in [5, 5.41) is 8.42. The highest BCUT2D eigenvalue weighted by molar-refractivity contribution is 5.95. The minimum atomic E-state index is 0.0457. The molecule has 2 heterocycles. The summed E-state index contributed by atoms with van der Waals surface area (Å²) in [7, 11) is 1.77. The van der Waals surface area contributed by atoms with Crippen LogP contribution in [-0.4, -0.2) is 25.3 Å². The molecule has 2 rings (SSSR count). The zero-order valence-corrected chi connectivity index (χ0v) is 11.0. The van der Waals surface area contributed by atoms with Gasteiger partial charge in [0.2, 0.25) is 0 Å². The topological polar surface area (TPSA) is 52.7 Å². The van der Waals surface area contributed by atoms with E-state index in [9.17, 15) is 4.79 Å². The Bertz CT molecular complexity index is 541. The highest BCUT2D eigenvalue weighted by atomic mass is 16.1. The van der Waals surface area contributed by atoms with Gasteiger partial charge >= 0.3 is 0 Å². The van der Waals surface area contributed by atoms with E-state index in [-0.39, 0.29) is 5.78 Å². The molecule has 5 heteroatoms. The van der Waals surface area contributed by atoms with Crippen LogP contribution in [0.25, 0.3) is 0 Å². The molecule has 96 valence electrons. The molecule has 2 aromatic heterocycles. The lowest BCUT2D eigenvalue weighted by atomic mass is 10.2. The largest absolute Gasteiger partial charge is 0.292 e. The fourth-order valence-corrected chi connectivity index (χ4v) is 1.81. The fourth-order valence-electron chi connectivity index (χ4n) is 1.81. The SMILES string of the molecule is CCC(C)n1ccc(CC(=O)c2ccnn2C)n1. The molecule has 2 aromatic rings. The van der Waals surface area contributed by atoms with Crippen LogP contribution >= 0.6 is 0 Å². The highest BCUT2D eigenvalue weighted by Crippen LogP contribution is 2.11. The van der Waals surface area contributed by atoms with Crippen molar-refractivity contribution >= 4 is 5.78 Å². The number of nitrogens with zero attached hydrogens (tertiary/aromatic N) is 4. The van der Waals surface area contributed by atoms with Crippen LogP contribution in [0.2, 0.25) is 0 Å². The van der Waals surface area contributed by atoms with Crippen LogP contribution in [0.5, 0.6) is 0 Å². The van der Waals surface area contributed by atoms with E-state index in [4.69, 9.17) is 0 Å². The summed E-state index contributed by atoms with van der Waals surface area (Å²) in [6, 6.07) is 4.00. The van der Waals surface area contributed by atoms with Gasteiger partial charge in [-0.1, -0.05) is 6.92 Å². The van der Waals surface area contributed by atoms with Crippen LogP contribution in [0, 0.1) is 0 Å². The molecular weight excluding hydrogens is 228 g/mol. The van der Waals surface area contributed by atoms with Crippen LogP contribution in [0.15, 0.2) is 24.5 Å². The van der Waals surface area contributed by atoms with Crippen LogP contribution in [-0.2, 0) is 13.5 Å². The van der Waals surface area contributed by atoms with Crippen molar-refractivity contribution in [2.24, 2.45) is 7.05 Å². The van der Waals surface area contributed by atoms with Gasteiger partial charge in [-0.3, -0.25) is 14.2 Å². The number of ketones is 1. The lowest BCUT2D eigenvalue weighted by Crippen LogP contribution is -2.11. The molecule has 1 atom stereocenters. The van der Waals surface area contributed by atoms with E-state index in [0.29, 0.717) is 18.2 Å². The van der Waals surface area contributed by atoms with Crippen molar-refractivity contribution in [2.45, 2.75) is 32.7 Å².